The summed E-state index contributed by atoms with van der Waals surface area (Å²) in [5.74, 6) is -5.37. The minimum absolute atomic E-state index is 0.0560. The fourth-order valence-corrected chi connectivity index (χ4v) is 4.89. The van der Waals surface area contributed by atoms with Crippen molar-refractivity contribution >= 4 is 0 Å². The first-order valence-electron chi connectivity index (χ1n) is 12.5. The monoisotopic (exact) mass is 520 g/mol. The highest BCUT2D eigenvalue weighted by Gasteiger charge is 2.28. The molecule has 3 aromatic carbocycles. The van der Waals surface area contributed by atoms with Crippen molar-refractivity contribution in [2.24, 2.45) is 0 Å². The third-order valence-electron chi connectivity index (χ3n) is 6.75. The zero-order valence-electron chi connectivity index (χ0n) is 20.8. The predicted octanol–water partition coefficient (Wildman–Crippen LogP) is 8.20. The van der Waals surface area contributed by atoms with Gasteiger partial charge in [-0.2, -0.15) is 13.2 Å². The Hall–Kier alpha value is -3.29. The van der Waals surface area contributed by atoms with Gasteiger partial charge in [-0.15, -0.1) is 0 Å². The molecule has 198 valence electrons. The van der Waals surface area contributed by atoms with E-state index in [2.05, 4.69) is 0 Å². The molecule has 4 rings (SSSR count). The third-order valence-corrected chi connectivity index (χ3v) is 6.75. The third kappa shape index (κ3) is 5.84. The maximum atomic E-state index is 15.0. The molecule has 8 heteroatoms. The number of hydrogen-bond donors (Lipinski definition) is 0. The number of halogens is 5. The lowest BCUT2D eigenvalue weighted by molar-refractivity contribution is 0.273. The molecule has 0 aromatic heterocycles. The van der Waals surface area contributed by atoms with Crippen molar-refractivity contribution in [1.29, 1.82) is 0 Å². The molecule has 0 heterocycles. The normalized spacial score (nSPS) is 17.5. The highest BCUT2D eigenvalue weighted by molar-refractivity contribution is 5.36. The Labute approximate surface area is 213 Å². The second kappa shape index (κ2) is 11.8. The molecule has 0 unspecified atom stereocenters. The topological polar surface area (TPSA) is 27.7 Å². The number of benzene rings is 3. The zero-order valence-corrected chi connectivity index (χ0v) is 20.8. The van der Waals surface area contributed by atoms with E-state index in [0.717, 1.165) is 0 Å². The molecule has 0 N–H and O–H groups in total. The first-order valence-corrected chi connectivity index (χ1v) is 12.5. The van der Waals surface area contributed by atoms with Crippen LogP contribution in [0.25, 0.3) is 0 Å². The second-order valence-electron chi connectivity index (χ2n) is 9.03. The van der Waals surface area contributed by atoms with Crippen molar-refractivity contribution < 1.29 is 36.2 Å². The smallest absolute Gasteiger partial charge is 0.204 e. The Kier molecular flexibility index (Phi) is 8.56. The van der Waals surface area contributed by atoms with Gasteiger partial charge in [0.05, 0.1) is 13.2 Å². The molecular formula is C29H29F5O3. The molecule has 0 bridgehead atoms. The molecule has 0 aliphatic heterocycles. The van der Waals surface area contributed by atoms with Crippen molar-refractivity contribution in [3.05, 3.63) is 88.2 Å². The largest absolute Gasteiger partial charge is 0.491 e. The van der Waals surface area contributed by atoms with E-state index in [9.17, 15) is 22.0 Å². The van der Waals surface area contributed by atoms with Crippen molar-refractivity contribution in [2.75, 3.05) is 13.2 Å². The Bertz CT molecular complexity index is 1240. The van der Waals surface area contributed by atoms with E-state index < -0.39 is 29.1 Å². The van der Waals surface area contributed by atoms with Crippen LogP contribution >= 0.6 is 0 Å². The van der Waals surface area contributed by atoms with Gasteiger partial charge in [0.2, 0.25) is 17.5 Å². The summed E-state index contributed by atoms with van der Waals surface area (Å²) < 4.78 is 87.7. The molecule has 0 saturated heterocycles. The molecular weight excluding hydrogens is 491 g/mol. The molecule has 3 aromatic rings. The summed E-state index contributed by atoms with van der Waals surface area (Å²) in [5, 5.41) is 0. The van der Waals surface area contributed by atoms with E-state index in [0.29, 0.717) is 42.4 Å². The van der Waals surface area contributed by atoms with Crippen molar-refractivity contribution in [3.8, 4) is 17.2 Å². The lowest BCUT2D eigenvalue weighted by Gasteiger charge is -2.29. The lowest BCUT2D eigenvalue weighted by Crippen LogP contribution is -2.15. The fourth-order valence-electron chi connectivity index (χ4n) is 4.89. The zero-order chi connectivity index (χ0) is 26.5. The summed E-state index contributed by atoms with van der Waals surface area (Å²) in [7, 11) is 0. The minimum Gasteiger partial charge on any atom is -0.491 e. The van der Waals surface area contributed by atoms with Crippen molar-refractivity contribution in [1.82, 2.24) is 0 Å². The van der Waals surface area contributed by atoms with Crippen LogP contribution in [0.5, 0.6) is 17.2 Å². The average molecular weight is 521 g/mol. The Morgan fingerprint density at radius 2 is 1.05 bits per heavy atom. The molecule has 0 amide bonds. The highest BCUT2D eigenvalue weighted by Crippen LogP contribution is 2.43. The van der Waals surface area contributed by atoms with E-state index in [1.165, 1.54) is 24.3 Å². The summed E-state index contributed by atoms with van der Waals surface area (Å²) >= 11 is 0. The lowest BCUT2D eigenvalue weighted by atomic mass is 9.76. The summed E-state index contributed by atoms with van der Waals surface area (Å²) in [5.41, 5.74) is 1.33. The van der Waals surface area contributed by atoms with Gasteiger partial charge in [-0.3, -0.25) is 0 Å². The maximum Gasteiger partial charge on any atom is 0.204 e. The molecule has 1 saturated carbocycles. The Morgan fingerprint density at radius 3 is 1.59 bits per heavy atom. The second-order valence-corrected chi connectivity index (χ2v) is 9.03. The van der Waals surface area contributed by atoms with Crippen molar-refractivity contribution in [2.45, 2.75) is 58.0 Å². The van der Waals surface area contributed by atoms with Crippen LogP contribution in [0.2, 0.25) is 0 Å². The number of rotatable bonds is 9. The van der Waals surface area contributed by atoms with Gasteiger partial charge < -0.3 is 14.2 Å². The van der Waals surface area contributed by atoms with Crippen LogP contribution in [0.15, 0.2) is 42.5 Å². The van der Waals surface area contributed by atoms with Crippen molar-refractivity contribution in [3.63, 3.8) is 0 Å². The minimum atomic E-state index is -1.16. The molecule has 0 spiro atoms. The fraction of sp³-hybridized carbons (Fsp3) is 0.379. The van der Waals surface area contributed by atoms with Crippen LogP contribution in [0.4, 0.5) is 22.0 Å². The molecule has 1 aliphatic rings. The standard InChI is InChI=1S/C29H29F5O3/c1-3-35-23-12-11-21(26(31)27(23)32)19-8-6-18(7-9-19)20-10-5-17(15-22(20)30)16-37-25-14-13-24(36-4-2)28(33)29(25)34/h5,10-15,18-19H,3-4,6-9,16H2,1-2H3. The van der Waals surface area contributed by atoms with Gasteiger partial charge in [0, 0.05) is 0 Å². The van der Waals surface area contributed by atoms with Crippen LogP contribution in [-0.4, -0.2) is 13.2 Å². The van der Waals surface area contributed by atoms with Crippen LogP contribution in [0, 0.1) is 29.1 Å². The van der Waals surface area contributed by atoms with Gasteiger partial charge in [0.25, 0.3) is 0 Å². The quantitative estimate of drug-likeness (QED) is 0.266. The van der Waals surface area contributed by atoms with Crippen LogP contribution < -0.4 is 14.2 Å². The van der Waals surface area contributed by atoms with Crippen LogP contribution in [0.1, 0.15) is 68.1 Å². The first kappa shape index (κ1) is 26.8. The predicted molar refractivity (Wildman–Crippen MR) is 130 cm³/mol. The summed E-state index contributed by atoms with van der Waals surface area (Å²) in [4.78, 5) is 0. The summed E-state index contributed by atoms with van der Waals surface area (Å²) in [6.07, 6.45) is 2.45. The molecule has 1 aliphatic carbocycles. The van der Waals surface area contributed by atoms with E-state index in [1.54, 1.807) is 32.0 Å². The molecule has 0 radical (unpaired) electrons. The SMILES string of the molecule is CCOc1ccc(OCc2ccc(C3CCC(c4ccc(OCC)c(F)c4F)CC3)c(F)c2)c(F)c1F. The van der Waals surface area contributed by atoms with Gasteiger partial charge in [-0.1, -0.05) is 18.2 Å². The van der Waals surface area contributed by atoms with E-state index >= 15 is 0 Å². The van der Waals surface area contributed by atoms with Gasteiger partial charge in [0.1, 0.15) is 12.4 Å². The van der Waals surface area contributed by atoms with Crippen LogP contribution in [-0.2, 0) is 6.61 Å². The van der Waals surface area contributed by atoms with Gasteiger partial charge in [-0.05, 0) is 92.3 Å². The molecule has 0 atom stereocenters. The van der Waals surface area contributed by atoms with Gasteiger partial charge >= 0.3 is 0 Å². The van der Waals surface area contributed by atoms with Gasteiger partial charge in [-0.25, -0.2) is 8.78 Å². The first-order chi connectivity index (χ1) is 17.8. The number of ether oxygens (including phenoxy) is 3. The van der Waals surface area contributed by atoms with E-state index in [4.69, 9.17) is 14.2 Å². The highest BCUT2D eigenvalue weighted by atomic mass is 19.2. The molecule has 1 fully saturated rings. The molecule has 37 heavy (non-hydrogen) atoms. The van der Waals surface area contributed by atoms with E-state index in [1.807, 2.05) is 0 Å². The molecule has 3 nitrogen and oxygen atoms in total. The average Bonchev–Trinajstić information content (AvgIpc) is 2.90. The van der Waals surface area contributed by atoms with Gasteiger partial charge in [0.15, 0.2) is 23.1 Å². The summed E-state index contributed by atoms with van der Waals surface area (Å²) in [6.45, 7) is 3.66. The summed E-state index contributed by atoms with van der Waals surface area (Å²) in [6, 6.07) is 10.3. The Morgan fingerprint density at radius 1 is 0.595 bits per heavy atom. The maximum absolute atomic E-state index is 15.0. The Balaban J connectivity index is 1.38. The number of hydrogen-bond acceptors (Lipinski definition) is 3. The van der Waals surface area contributed by atoms with E-state index in [-0.39, 0.29) is 48.9 Å². The van der Waals surface area contributed by atoms with Crippen LogP contribution in [0.3, 0.4) is 0 Å².